The summed E-state index contributed by atoms with van der Waals surface area (Å²) in [5.41, 5.74) is 1.19. The van der Waals surface area contributed by atoms with Crippen molar-refractivity contribution < 1.29 is 18.1 Å². The highest BCUT2D eigenvalue weighted by molar-refractivity contribution is 7.89. The van der Waals surface area contributed by atoms with E-state index in [-0.39, 0.29) is 36.1 Å². The molecule has 0 aliphatic heterocycles. The van der Waals surface area contributed by atoms with Crippen LogP contribution in [0.15, 0.2) is 47.4 Å². The third-order valence-corrected chi connectivity index (χ3v) is 5.13. The van der Waals surface area contributed by atoms with Gasteiger partial charge in [0.1, 0.15) is 0 Å². The molecule has 2 aromatic carbocycles. The van der Waals surface area contributed by atoms with Crippen LogP contribution in [0.2, 0.25) is 5.02 Å². The number of sulfonamides is 1. The first-order valence-corrected chi connectivity index (χ1v) is 9.98. The lowest BCUT2D eigenvalue weighted by Gasteiger charge is -2.17. The van der Waals surface area contributed by atoms with Crippen LogP contribution < -0.4 is 10.5 Å². The van der Waals surface area contributed by atoms with E-state index in [1.54, 1.807) is 24.1 Å². The van der Waals surface area contributed by atoms with Crippen LogP contribution in [-0.2, 0) is 27.9 Å². The normalized spacial score (nSPS) is 11.4. The van der Waals surface area contributed by atoms with Crippen LogP contribution in [0.3, 0.4) is 0 Å². The number of non-ortho nitro benzene ring substituents is 1. The van der Waals surface area contributed by atoms with Crippen molar-refractivity contribution in [2.24, 2.45) is 5.14 Å². The summed E-state index contributed by atoms with van der Waals surface area (Å²) in [6, 6.07) is 10.0. The molecule has 0 heterocycles. The number of carbonyl (C=O) groups is 1. The van der Waals surface area contributed by atoms with Crippen molar-refractivity contribution in [3.05, 3.63) is 68.7 Å². The van der Waals surface area contributed by atoms with Gasteiger partial charge in [-0.05, 0) is 36.4 Å². The maximum absolute atomic E-state index is 12.1. The van der Waals surface area contributed by atoms with Gasteiger partial charge in [-0.3, -0.25) is 19.8 Å². The SMILES string of the molecule is CN(CC(=O)NCc1ccc(S(N)(=O)=O)cc1)Cc1cc([N+](=O)[O-])ccc1Cl. The van der Waals surface area contributed by atoms with Crippen molar-refractivity contribution in [3.63, 3.8) is 0 Å². The molecule has 0 aliphatic carbocycles. The Morgan fingerprint density at radius 1 is 1.25 bits per heavy atom. The van der Waals surface area contributed by atoms with Crippen LogP contribution in [0.4, 0.5) is 5.69 Å². The molecule has 9 nitrogen and oxygen atoms in total. The maximum Gasteiger partial charge on any atom is 0.269 e. The summed E-state index contributed by atoms with van der Waals surface area (Å²) in [6.07, 6.45) is 0. The molecule has 0 spiro atoms. The van der Waals surface area contributed by atoms with E-state index in [9.17, 15) is 23.3 Å². The van der Waals surface area contributed by atoms with Gasteiger partial charge in [0, 0.05) is 30.2 Å². The third kappa shape index (κ3) is 6.27. The quantitative estimate of drug-likeness (QED) is 0.486. The smallest absolute Gasteiger partial charge is 0.269 e. The summed E-state index contributed by atoms with van der Waals surface area (Å²) in [6.45, 7) is 0.528. The van der Waals surface area contributed by atoms with Gasteiger partial charge in [0.15, 0.2) is 0 Å². The molecule has 0 bridgehead atoms. The number of nitrogens with two attached hydrogens (primary N) is 1. The van der Waals surface area contributed by atoms with Crippen molar-refractivity contribution in [2.45, 2.75) is 18.0 Å². The van der Waals surface area contributed by atoms with E-state index in [1.807, 2.05) is 0 Å². The maximum atomic E-state index is 12.1. The number of nitro benzene ring substituents is 1. The molecule has 3 N–H and O–H groups in total. The average Bonchev–Trinajstić information content (AvgIpc) is 2.61. The van der Waals surface area contributed by atoms with Crippen LogP contribution in [0, 0.1) is 10.1 Å². The molecule has 0 radical (unpaired) electrons. The lowest BCUT2D eigenvalue weighted by molar-refractivity contribution is -0.384. The Bertz CT molecular complexity index is 980. The highest BCUT2D eigenvalue weighted by atomic mass is 35.5. The van der Waals surface area contributed by atoms with E-state index in [1.165, 1.54) is 30.3 Å². The van der Waals surface area contributed by atoms with Crippen molar-refractivity contribution in [3.8, 4) is 0 Å². The lowest BCUT2D eigenvalue weighted by Crippen LogP contribution is -2.34. The summed E-state index contributed by atoms with van der Waals surface area (Å²) < 4.78 is 22.4. The van der Waals surface area contributed by atoms with Gasteiger partial charge in [-0.25, -0.2) is 13.6 Å². The fourth-order valence-electron chi connectivity index (χ4n) is 2.44. The predicted molar refractivity (Wildman–Crippen MR) is 104 cm³/mol. The van der Waals surface area contributed by atoms with E-state index in [0.717, 1.165) is 0 Å². The number of carbonyl (C=O) groups excluding carboxylic acids is 1. The number of amides is 1. The first-order chi connectivity index (χ1) is 13.1. The number of nitrogens with zero attached hydrogens (tertiary/aromatic N) is 2. The summed E-state index contributed by atoms with van der Waals surface area (Å²) in [7, 11) is -2.07. The number of hydrogen-bond acceptors (Lipinski definition) is 6. The molecule has 2 aromatic rings. The molecule has 1 amide bonds. The highest BCUT2D eigenvalue weighted by Gasteiger charge is 2.13. The zero-order valence-corrected chi connectivity index (χ0v) is 16.5. The minimum absolute atomic E-state index is 0.00357. The fraction of sp³-hybridized carbons (Fsp3) is 0.235. The van der Waals surface area contributed by atoms with Gasteiger partial charge in [0.05, 0.1) is 16.4 Å². The topological polar surface area (TPSA) is 136 Å². The summed E-state index contributed by atoms with van der Waals surface area (Å²) >= 11 is 6.07. The Kier molecular flexibility index (Phi) is 7.08. The molecule has 0 aliphatic rings. The first kappa shape index (κ1) is 21.8. The Labute approximate surface area is 167 Å². The second-order valence-corrected chi connectivity index (χ2v) is 8.14. The van der Waals surface area contributed by atoms with E-state index in [0.29, 0.717) is 16.1 Å². The van der Waals surface area contributed by atoms with E-state index in [2.05, 4.69) is 5.32 Å². The van der Waals surface area contributed by atoms with Crippen LogP contribution in [-0.4, -0.2) is 37.7 Å². The Morgan fingerprint density at radius 3 is 2.46 bits per heavy atom. The summed E-state index contributed by atoms with van der Waals surface area (Å²) in [5.74, 6) is -0.264. The predicted octanol–water partition coefficient (Wildman–Crippen LogP) is 1.64. The van der Waals surface area contributed by atoms with Gasteiger partial charge in [0.25, 0.3) is 5.69 Å². The molecule has 0 aromatic heterocycles. The number of benzene rings is 2. The Hall–Kier alpha value is -2.53. The van der Waals surface area contributed by atoms with Gasteiger partial charge in [-0.1, -0.05) is 23.7 Å². The number of rotatable bonds is 8. The number of hydrogen-bond donors (Lipinski definition) is 2. The van der Waals surface area contributed by atoms with Crippen molar-refractivity contribution in [1.82, 2.24) is 10.2 Å². The number of likely N-dealkylation sites (N-methyl/N-ethyl adjacent to an activating group) is 1. The third-order valence-electron chi connectivity index (χ3n) is 3.84. The van der Waals surface area contributed by atoms with Gasteiger partial charge < -0.3 is 5.32 Å². The molecular formula is C17H19ClN4O5S. The number of nitro groups is 1. The van der Waals surface area contributed by atoms with E-state index >= 15 is 0 Å². The molecule has 150 valence electrons. The second kappa shape index (κ2) is 9.11. The molecule has 28 heavy (non-hydrogen) atoms. The summed E-state index contributed by atoms with van der Waals surface area (Å²) in [5, 5.41) is 19.0. The Balaban J connectivity index is 1.89. The van der Waals surface area contributed by atoms with Crippen molar-refractivity contribution >= 4 is 33.2 Å². The van der Waals surface area contributed by atoms with Gasteiger partial charge in [0.2, 0.25) is 15.9 Å². The second-order valence-electron chi connectivity index (χ2n) is 6.17. The minimum atomic E-state index is -3.76. The number of primary sulfonamides is 1. The average molecular weight is 427 g/mol. The van der Waals surface area contributed by atoms with E-state index in [4.69, 9.17) is 16.7 Å². The zero-order valence-electron chi connectivity index (χ0n) is 15.0. The Morgan fingerprint density at radius 2 is 1.89 bits per heavy atom. The lowest BCUT2D eigenvalue weighted by atomic mass is 10.2. The van der Waals surface area contributed by atoms with Crippen LogP contribution in [0.5, 0.6) is 0 Å². The van der Waals surface area contributed by atoms with Crippen LogP contribution >= 0.6 is 11.6 Å². The van der Waals surface area contributed by atoms with Gasteiger partial charge in [-0.15, -0.1) is 0 Å². The minimum Gasteiger partial charge on any atom is -0.351 e. The molecule has 0 atom stereocenters. The van der Waals surface area contributed by atoms with E-state index < -0.39 is 14.9 Å². The summed E-state index contributed by atoms with van der Waals surface area (Å²) in [4.78, 5) is 24.1. The zero-order chi connectivity index (χ0) is 20.9. The van der Waals surface area contributed by atoms with Crippen LogP contribution in [0.1, 0.15) is 11.1 Å². The molecule has 0 fully saturated rings. The van der Waals surface area contributed by atoms with Crippen molar-refractivity contribution in [1.29, 1.82) is 0 Å². The van der Waals surface area contributed by atoms with Gasteiger partial charge >= 0.3 is 0 Å². The number of halogens is 1. The van der Waals surface area contributed by atoms with Crippen LogP contribution in [0.25, 0.3) is 0 Å². The standard InChI is InChI=1S/C17H19ClN4O5S/c1-21(10-13-8-14(22(24)25)4-7-16(13)18)11-17(23)20-9-12-2-5-15(6-3-12)28(19,26)27/h2-8H,9-11H2,1H3,(H,20,23)(H2,19,26,27). The van der Waals surface area contributed by atoms with Gasteiger partial charge in [-0.2, -0.15) is 0 Å². The van der Waals surface area contributed by atoms with Crippen molar-refractivity contribution in [2.75, 3.05) is 13.6 Å². The number of nitrogens with one attached hydrogen (secondary N) is 1. The monoisotopic (exact) mass is 426 g/mol. The first-order valence-electron chi connectivity index (χ1n) is 8.06. The fourth-order valence-corrected chi connectivity index (χ4v) is 3.13. The molecule has 0 unspecified atom stereocenters. The molecule has 0 saturated carbocycles. The molecular weight excluding hydrogens is 408 g/mol. The highest BCUT2D eigenvalue weighted by Crippen LogP contribution is 2.23. The molecule has 2 rings (SSSR count). The largest absolute Gasteiger partial charge is 0.351 e. The molecule has 11 heteroatoms. The molecule has 0 saturated heterocycles.